The van der Waals surface area contributed by atoms with Crippen LogP contribution in [0.2, 0.25) is 0 Å². The third-order valence-corrected chi connectivity index (χ3v) is 1.38. The van der Waals surface area contributed by atoms with Gasteiger partial charge in [-0.1, -0.05) is 12.5 Å². The molecule has 0 bridgehead atoms. The average Bonchev–Trinajstić information content (AvgIpc) is 2.33. The van der Waals surface area contributed by atoms with Gasteiger partial charge >= 0.3 is 0 Å². The van der Waals surface area contributed by atoms with Crippen molar-refractivity contribution < 1.29 is 0 Å². The molecule has 1 aromatic rings. The minimum absolute atomic E-state index is 1.62. The molecule has 0 saturated heterocycles. The van der Waals surface area contributed by atoms with E-state index in [0.717, 1.165) is 0 Å². The van der Waals surface area contributed by atoms with E-state index in [4.69, 9.17) is 6.42 Å². The van der Waals surface area contributed by atoms with Crippen LogP contribution in [0, 0.1) is 12.5 Å². The summed E-state index contributed by atoms with van der Waals surface area (Å²) in [6.07, 6.45) is 15.6. The van der Waals surface area contributed by atoms with Gasteiger partial charge in [-0.25, -0.2) is 0 Å². The fraction of sp³-hybridized carbons (Fsp3) is 0. The van der Waals surface area contributed by atoms with Gasteiger partial charge in [0, 0.05) is 43.2 Å². The Bertz CT molecular complexity index is 297. The Morgan fingerprint density at radius 2 is 1.71 bits per heavy atom. The smallest absolute Gasteiger partial charge is 0.0337 e. The van der Waals surface area contributed by atoms with Crippen LogP contribution in [-0.2, 0) is 0 Å². The van der Waals surface area contributed by atoms with Crippen molar-refractivity contribution in [2.45, 2.75) is 0 Å². The third-order valence-electron chi connectivity index (χ3n) is 1.38. The second-order valence-corrected chi connectivity index (χ2v) is 2.36. The van der Waals surface area contributed by atoms with Crippen LogP contribution in [-0.4, -0.2) is 9.88 Å². The van der Waals surface area contributed by atoms with Crippen molar-refractivity contribution in [2.24, 2.45) is 0 Å². The summed E-state index contributed by atoms with van der Waals surface area (Å²) < 4.78 is 0. The number of hydrogen-bond acceptors (Lipinski definition) is 3. The fourth-order valence-corrected chi connectivity index (χ4v) is 0.751. The van der Waals surface area contributed by atoms with Gasteiger partial charge in [0.2, 0.25) is 0 Å². The summed E-state index contributed by atoms with van der Waals surface area (Å²) in [5, 5.41) is 2.85. The molecule has 1 aliphatic heterocycles. The van der Waals surface area contributed by atoms with Gasteiger partial charge in [0.05, 0.1) is 0 Å². The lowest BCUT2D eigenvalue weighted by atomic mass is 10.5. The summed E-state index contributed by atoms with van der Waals surface area (Å²) in [5.41, 5.74) is 0. The van der Waals surface area contributed by atoms with Crippen LogP contribution in [0.25, 0.3) is 0 Å². The van der Waals surface area contributed by atoms with Crippen LogP contribution in [0.1, 0.15) is 0 Å². The second kappa shape index (κ2) is 6.32. The molecule has 3 nitrogen and oxygen atoms in total. The molecule has 14 heavy (non-hydrogen) atoms. The Hall–Kier alpha value is -2.21. The number of hydrogen-bond donors (Lipinski definition) is 1. The largest absolute Gasteiger partial charge is 0.365 e. The van der Waals surface area contributed by atoms with Crippen LogP contribution < -0.4 is 5.32 Å². The van der Waals surface area contributed by atoms with E-state index in [-0.39, 0.29) is 0 Å². The lowest BCUT2D eigenvalue weighted by Gasteiger charge is -2.08. The van der Waals surface area contributed by atoms with Crippen molar-refractivity contribution in [1.29, 1.82) is 0 Å². The highest BCUT2D eigenvalue weighted by molar-refractivity contribution is 5.06. The van der Waals surface area contributed by atoms with E-state index in [9.17, 15) is 0 Å². The van der Waals surface area contributed by atoms with Crippen LogP contribution >= 0.6 is 0 Å². The van der Waals surface area contributed by atoms with E-state index >= 15 is 0 Å². The first-order valence-corrected chi connectivity index (χ1v) is 4.12. The van der Waals surface area contributed by atoms with Gasteiger partial charge in [-0.2, -0.15) is 0 Å². The van der Waals surface area contributed by atoms with Gasteiger partial charge < -0.3 is 5.32 Å². The molecule has 3 heteroatoms. The summed E-state index contributed by atoms with van der Waals surface area (Å²) >= 11 is 0. The zero-order valence-corrected chi connectivity index (χ0v) is 7.67. The molecule has 0 radical (unpaired) electrons. The maximum atomic E-state index is 5.05. The summed E-state index contributed by atoms with van der Waals surface area (Å²) in [6, 6.07) is 8.14. The quantitative estimate of drug-likeness (QED) is 0.621. The van der Waals surface area contributed by atoms with E-state index in [1.807, 2.05) is 18.2 Å². The van der Waals surface area contributed by atoms with E-state index in [2.05, 4.69) is 16.3 Å². The molecule has 1 N–H and O–H groups in total. The van der Waals surface area contributed by atoms with Crippen molar-refractivity contribution in [3.05, 3.63) is 55.4 Å². The van der Waals surface area contributed by atoms with Crippen molar-refractivity contribution in [3.8, 4) is 12.5 Å². The van der Waals surface area contributed by atoms with Crippen LogP contribution in [0.15, 0.2) is 55.4 Å². The van der Waals surface area contributed by atoms with Crippen LogP contribution in [0.5, 0.6) is 0 Å². The van der Waals surface area contributed by atoms with E-state index in [1.54, 1.807) is 42.1 Å². The minimum Gasteiger partial charge on any atom is -0.365 e. The first kappa shape index (κ1) is 9.87. The third kappa shape index (κ3) is 3.98. The Morgan fingerprint density at radius 1 is 1.07 bits per heavy atom. The Kier molecular flexibility index (Phi) is 4.46. The molecule has 0 atom stereocenters. The van der Waals surface area contributed by atoms with Gasteiger partial charge in [-0.05, 0) is 12.1 Å². The predicted molar refractivity (Wildman–Crippen MR) is 56.3 cm³/mol. The molecule has 0 aliphatic carbocycles. The van der Waals surface area contributed by atoms with Crippen molar-refractivity contribution in [3.63, 3.8) is 0 Å². The summed E-state index contributed by atoms with van der Waals surface area (Å²) in [7, 11) is 0. The van der Waals surface area contributed by atoms with Gasteiger partial charge in [-0.3, -0.25) is 9.88 Å². The van der Waals surface area contributed by atoms with Crippen molar-refractivity contribution in [1.82, 2.24) is 15.2 Å². The van der Waals surface area contributed by atoms with Gasteiger partial charge in [0.15, 0.2) is 0 Å². The highest BCUT2D eigenvalue weighted by atomic mass is 15.1. The highest BCUT2D eigenvalue weighted by Crippen LogP contribution is 1.90. The molecule has 0 spiro atoms. The number of terminal acetylenes is 1. The lowest BCUT2D eigenvalue weighted by Crippen LogP contribution is -2.08. The standard InChI is InChI=1S/C6H6N2.C5H5N/c1-2-8-5-3-7-4-6-8;1-2-4-6-5-3-1/h1,3-7H;1-5H. The van der Waals surface area contributed by atoms with E-state index < -0.39 is 0 Å². The number of nitrogens with zero attached hydrogens (tertiary/aromatic N) is 2. The van der Waals surface area contributed by atoms with Crippen LogP contribution in [0.3, 0.4) is 0 Å². The molecule has 2 heterocycles. The Morgan fingerprint density at radius 3 is 2.00 bits per heavy atom. The van der Waals surface area contributed by atoms with Gasteiger partial charge in [-0.15, -0.1) is 0 Å². The van der Waals surface area contributed by atoms with Crippen LogP contribution in [0.4, 0.5) is 0 Å². The Balaban J connectivity index is 0.000000146. The summed E-state index contributed by atoms with van der Waals surface area (Å²) in [5.74, 6) is 0. The molecule has 0 aromatic carbocycles. The molecular formula is C11H11N3. The normalized spacial score (nSPS) is 12.1. The molecule has 1 aromatic heterocycles. The number of rotatable bonds is 0. The van der Waals surface area contributed by atoms with Crippen molar-refractivity contribution in [2.75, 3.05) is 0 Å². The number of aromatic nitrogens is 1. The zero-order valence-electron chi connectivity index (χ0n) is 7.67. The van der Waals surface area contributed by atoms with Gasteiger partial charge in [0.25, 0.3) is 0 Å². The predicted octanol–water partition coefficient (Wildman–Crippen LogP) is 1.51. The van der Waals surface area contributed by atoms with E-state index in [1.165, 1.54) is 0 Å². The molecule has 2 rings (SSSR count). The lowest BCUT2D eigenvalue weighted by molar-refractivity contribution is 0.704. The number of pyridine rings is 1. The average molecular weight is 185 g/mol. The zero-order chi connectivity index (χ0) is 10.1. The first-order chi connectivity index (χ1) is 6.93. The summed E-state index contributed by atoms with van der Waals surface area (Å²) in [4.78, 5) is 5.41. The first-order valence-electron chi connectivity index (χ1n) is 4.12. The van der Waals surface area contributed by atoms with Crippen molar-refractivity contribution >= 4 is 0 Å². The monoisotopic (exact) mass is 185 g/mol. The molecule has 1 aliphatic rings. The topological polar surface area (TPSA) is 28.2 Å². The molecule has 0 unspecified atom stereocenters. The summed E-state index contributed by atoms with van der Waals surface area (Å²) in [6.45, 7) is 0. The minimum atomic E-state index is 1.62. The molecule has 0 amide bonds. The molecular weight excluding hydrogens is 174 g/mol. The molecule has 70 valence electrons. The van der Waals surface area contributed by atoms with Gasteiger partial charge in [0.1, 0.15) is 0 Å². The number of nitrogens with one attached hydrogen (secondary N) is 1. The second-order valence-electron chi connectivity index (χ2n) is 2.36. The molecule has 0 saturated carbocycles. The van der Waals surface area contributed by atoms with E-state index in [0.29, 0.717) is 0 Å². The Labute approximate surface area is 83.8 Å². The fourth-order valence-electron chi connectivity index (χ4n) is 0.751. The maximum absolute atomic E-state index is 5.05. The molecule has 0 fully saturated rings. The maximum Gasteiger partial charge on any atom is 0.0337 e. The SMILES string of the molecule is C#CN1C=CNC=C1.c1ccncc1. The highest BCUT2D eigenvalue weighted by Gasteiger charge is 1.86.